The number of benzene rings is 1. The summed E-state index contributed by atoms with van der Waals surface area (Å²) in [6.45, 7) is 0.725. The summed E-state index contributed by atoms with van der Waals surface area (Å²) in [7, 11) is 0. The molecule has 1 N–H and O–H groups in total. The lowest BCUT2D eigenvalue weighted by Gasteiger charge is -2.19. The quantitative estimate of drug-likeness (QED) is 0.689. The molecule has 0 aromatic heterocycles. The van der Waals surface area contributed by atoms with Crippen molar-refractivity contribution in [3.05, 3.63) is 28.2 Å². The van der Waals surface area contributed by atoms with Gasteiger partial charge < -0.3 is 14.7 Å². The van der Waals surface area contributed by atoms with Gasteiger partial charge in [-0.2, -0.15) is 0 Å². The number of hydrogen-bond acceptors (Lipinski definition) is 4. The maximum absolute atomic E-state index is 9.57. The monoisotopic (exact) mass is 299 g/mol. The van der Waals surface area contributed by atoms with E-state index in [1.165, 1.54) is 6.21 Å². The molecule has 1 aromatic carbocycles. The molecule has 1 heterocycles. The van der Waals surface area contributed by atoms with Gasteiger partial charge in [0.2, 0.25) is 6.29 Å². The average Bonchev–Trinajstić information content (AvgIpc) is 2.35. The summed E-state index contributed by atoms with van der Waals surface area (Å²) < 4.78 is 6.24. The van der Waals surface area contributed by atoms with Crippen LogP contribution in [0.15, 0.2) is 27.8 Å². The molecule has 17 heavy (non-hydrogen) atoms. The molecular weight excluding hydrogens is 286 g/mol. The Morgan fingerprint density at radius 3 is 3.12 bits per heavy atom. The smallest absolute Gasteiger partial charge is 0.226 e. The summed E-state index contributed by atoms with van der Waals surface area (Å²) in [5, 5.41) is 13.4. The molecule has 5 heteroatoms. The van der Waals surface area contributed by atoms with Crippen LogP contribution in [0, 0.1) is 0 Å². The van der Waals surface area contributed by atoms with Crippen LogP contribution in [0.2, 0.25) is 0 Å². The van der Waals surface area contributed by atoms with Crippen molar-refractivity contribution in [3.63, 3.8) is 0 Å². The van der Waals surface area contributed by atoms with Crippen molar-refractivity contribution in [1.82, 2.24) is 0 Å². The van der Waals surface area contributed by atoms with E-state index in [1.54, 1.807) is 18.2 Å². The predicted octanol–water partition coefficient (Wildman–Crippen LogP) is 3.03. The lowest BCUT2D eigenvalue weighted by molar-refractivity contribution is -0.161. The van der Waals surface area contributed by atoms with Gasteiger partial charge in [0.25, 0.3) is 0 Å². The topological polar surface area (TPSA) is 51.1 Å². The first-order chi connectivity index (χ1) is 8.25. The van der Waals surface area contributed by atoms with Crippen LogP contribution in [0.4, 0.5) is 0 Å². The minimum absolute atomic E-state index is 0.171. The standard InChI is InChI=1S/C12H14BrNO3/c13-10-4-5-11(15)9(7-10)8-14-17-12-3-1-2-6-16-12/h4-5,7-8,12,15H,1-3,6H2/b14-8+. The predicted molar refractivity (Wildman–Crippen MR) is 68.1 cm³/mol. The van der Waals surface area contributed by atoms with Gasteiger partial charge in [-0.1, -0.05) is 21.1 Å². The zero-order valence-corrected chi connectivity index (χ0v) is 10.9. The molecule has 1 aliphatic heterocycles. The molecule has 92 valence electrons. The third kappa shape index (κ3) is 3.71. The first kappa shape index (κ1) is 12.4. The van der Waals surface area contributed by atoms with E-state index >= 15 is 0 Å². The maximum Gasteiger partial charge on any atom is 0.226 e. The zero-order valence-electron chi connectivity index (χ0n) is 9.30. The molecule has 1 fully saturated rings. The van der Waals surface area contributed by atoms with Crippen LogP contribution in [0.1, 0.15) is 24.8 Å². The van der Waals surface area contributed by atoms with Gasteiger partial charge in [0.05, 0.1) is 12.8 Å². The molecule has 1 aromatic rings. The van der Waals surface area contributed by atoms with Crippen molar-refractivity contribution in [1.29, 1.82) is 0 Å². The van der Waals surface area contributed by atoms with Gasteiger partial charge in [-0.05, 0) is 31.0 Å². The first-order valence-corrected chi connectivity index (χ1v) is 6.34. The average molecular weight is 300 g/mol. The molecule has 0 saturated carbocycles. The minimum Gasteiger partial charge on any atom is -0.507 e. The summed E-state index contributed by atoms with van der Waals surface area (Å²) in [6.07, 6.45) is 4.27. The van der Waals surface area contributed by atoms with E-state index < -0.39 is 0 Å². The fourth-order valence-corrected chi connectivity index (χ4v) is 1.96. The Morgan fingerprint density at radius 1 is 1.47 bits per heavy atom. The van der Waals surface area contributed by atoms with Crippen molar-refractivity contribution in [2.24, 2.45) is 5.16 Å². The first-order valence-electron chi connectivity index (χ1n) is 5.55. The highest BCUT2D eigenvalue weighted by molar-refractivity contribution is 9.10. The Morgan fingerprint density at radius 2 is 2.35 bits per heavy atom. The van der Waals surface area contributed by atoms with E-state index in [1.807, 2.05) is 0 Å². The van der Waals surface area contributed by atoms with Gasteiger partial charge in [0.1, 0.15) is 5.75 Å². The van der Waals surface area contributed by atoms with E-state index in [4.69, 9.17) is 9.57 Å². The van der Waals surface area contributed by atoms with Crippen molar-refractivity contribution in [2.75, 3.05) is 6.61 Å². The Kier molecular flexibility index (Phi) is 4.39. The molecule has 1 atom stereocenters. The second-order valence-electron chi connectivity index (χ2n) is 3.84. The third-order valence-electron chi connectivity index (χ3n) is 2.50. The Hall–Kier alpha value is -1.07. The number of rotatable bonds is 3. The number of oxime groups is 1. The molecular formula is C12H14BrNO3. The highest BCUT2D eigenvalue weighted by Gasteiger charge is 2.14. The molecule has 1 aliphatic rings. The molecule has 4 nitrogen and oxygen atoms in total. The number of ether oxygens (including phenoxy) is 1. The highest BCUT2D eigenvalue weighted by Crippen LogP contribution is 2.20. The molecule has 0 radical (unpaired) electrons. The molecule has 0 amide bonds. The molecule has 0 spiro atoms. The number of aromatic hydroxyl groups is 1. The van der Waals surface area contributed by atoms with E-state index in [-0.39, 0.29) is 12.0 Å². The van der Waals surface area contributed by atoms with Crippen molar-refractivity contribution in [2.45, 2.75) is 25.6 Å². The fraction of sp³-hybridized carbons (Fsp3) is 0.417. The fourth-order valence-electron chi connectivity index (χ4n) is 1.58. The van der Waals surface area contributed by atoms with Gasteiger partial charge in [-0.25, -0.2) is 0 Å². The number of phenols is 1. The van der Waals surface area contributed by atoms with E-state index in [0.29, 0.717) is 5.56 Å². The van der Waals surface area contributed by atoms with Gasteiger partial charge >= 0.3 is 0 Å². The number of hydrogen-bond donors (Lipinski definition) is 1. The van der Waals surface area contributed by atoms with Gasteiger partial charge in [-0.15, -0.1) is 0 Å². The Labute approximate surface area is 108 Å². The second-order valence-corrected chi connectivity index (χ2v) is 4.75. The Bertz CT molecular complexity index is 403. The van der Waals surface area contributed by atoms with Crippen molar-refractivity contribution in [3.8, 4) is 5.75 Å². The number of nitrogens with zero attached hydrogens (tertiary/aromatic N) is 1. The summed E-state index contributed by atoms with van der Waals surface area (Å²) in [5.41, 5.74) is 0.607. The highest BCUT2D eigenvalue weighted by atomic mass is 79.9. The van der Waals surface area contributed by atoms with Crippen LogP contribution >= 0.6 is 15.9 Å². The molecule has 0 bridgehead atoms. The van der Waals surface area contributed by atoms with E-state index in [2.05, 4.69) is 21.1 Å². The number of phenolic OH excluding ortho intramolecular Hbond substituents is 1. The SMILES string of the molecule is Oc1ccc(Br)cc1/C=N/OC1CCCCO1. The van der Waals surface area contributed by atoms with Gasteiger partial charge in [0, 0.05) is 16.5 Å². The normalized spacial score (nSPS) is 20.6. The van der Waals surface area contributed by atoms with Crippen LogP contribution in [0.25, 0.3) is 0 Å². The van der Waals surface area contributed by atoms with Crippen molar-refractivity contribution >= 4 is 22.1 Å². The summed E-state index contributed by atoms with van der Waals surface area (Å²) >= 11 is 3.33. The van der Waals surface area contributed by atoms with E-state index in [0.717, 1.165) is 30.3 Å². The van der Waals surface area contributed by atoms with Crippen LogP contribution in [0.3, 0.4) is 0 Å². The molecule has 2 rings (SSSR count). The minimum atomic E-state index is -0.255. The van der Waals surface area contributed by atoms with Gasteiger partial charge in [0.15, 0.2) is 0 Å². The van der Waals surface area contributed by atoms with Crippen LogP contribution < -0.4 is 0 Å². The van der Waals surface area contributed by atoms with Gasteiger partial charge in [-0.3, -0.25) is 0 Å². The third-order valence-corrected chi connectivity index (χ3v) is 2.99. The van der Waals surface area contributed by atoms with Crippen LogP contribution in [-0.2, 0) is 9.57 Å². The number of halogens is 1. The summed E-state index contributed by atoms with van der Waals surface area (Å²) in [6, 6.07) is 5.13. The van der Waals surface area contributed by atoms with E-state index in [9.17, 15) is 5.11 Å². The van der Waals surface area contributed by atoms with Crippen molar-refractivity contribution < 1.29 is 14.7 Å². The largest absolute Gasteiger partial charge is 0.507 e. The Balaban J connectivity index is 1.92. The lowest BCUT2D eigenvalue weighted by Crippen LogP contribution is -2.20. The second kappa shape index (κ2) is 6.02. The zero-order chi connectivity index (χ0) is 12.1. The van der Waals surface area contributed by atoms with Crippen LogP contribution in [-0.4, -0.2) is 24.2 Å². The molecule has 1 unspecified atom stereocenters. The lowest BCUT2D eigenvalue weighted by atomic mass is 10.2. The molecule has 1 saturated heterocycles. The summed E-state index contributed by atoms with van der Waals surface area (Å²) in [5.74, 6) is 0.171. The summed E-state index contributed by atoms with van der Waals surface area (Å²) in [4.78, 5) is 5.20. The maximum atomic E-state index is 9.57. The molecule has 0 aliphatic carbocycles. The van der Waals surface area contributed by atoms with Crippen LogP contribution in [0.5, 0.6) is 5.75 Å².